The van der Waals surface area contributed by atoms with Crippen molar-refractivity contribution < 1.29 is 18.9 Å². The maximum Gasteiger partial charge on any atom is 0.260 e. The van der Waals surface area contributed by atoms with Crippen molar-refractivity contribution in [3.05, 3.63) is 158 Å². The molecule has 0 spiro atoms. The SMILES string of the molecule is CSc1cc2c3c(c1)Oc1cc(-c4ccccc4)ccc1B3c1cc3c(cc1N2)Oc1cc(SC)cc2c1B3c1cc3c(cc1O2)N(SC)c1cc(SC)cc2c1B3c1ccc(-c3ccccc3)cc1O2. The van der Waals surface area contributed by atoms with E-state index < -0.39 is 0 Å². The zero-order chi connectivity index (χ0) is 47.2. The zero-order valence-electron chi connectivity index (χ0n) is 39.0. The first kappa shape index (κ1) is 42.1. The summed E-state index contributed by atoms with van der Waals surface area (Å²) >= 11 is 6.87. The van der Waals surface area contributed by atoms with Gasteiger partial charge in [-0.2, -0.15) is 0 Å². The third-order valence-electron chi connectivity index (χ3n) is 15.1. The molecule has 6 aliphatic rings. The van der Waals surface area contributed by atoms with Crippen LogP contribution in [0.1, 0.15) is 0 Å². The number of anilines is 4. The van der Waals surface area contributed by atoms with Crippen molar-refractivity contribution in [1.29, 1.82) is 0 Å². The standard InChI is InChI=1S/C58H39B3N2O4S4/c1-68-35-21-45-56-52(23-35)64-48-19-33(31-11-7-5-8-12-31)15-17-38(48)59(56)40-27-42-50(29-44(40)62-45)66-54-25-37(70-3)26-55-58(54)61(42)43-28-41-46(30-51(43)67-55)63(71-4)47-22-36(69-2)24-53-57(47)60(41)39-18-16-34(20-49(39)65-53)32-13-9-6-10-14-32/h5-30,62H,1-4H3. The minimum atomic E-state index is -0.180. The summed E-state index contributed by atoms with van der Waals surface area (Å²) in [6.45, 7) is -0.342. The molecule has 6 aliphatic heterocycles. The Morgan fingerprint density at radius 3 is 1.41 bits per heavy atom. The number of hydrogen-bond acceptors (Lipinski definition) is 10. The van der Waals surface area contributed by atoms with Gasteiger partial charge < -0.3 is 24.3 Å². The molecule has 13 heteroatoms. The van der Waals surface area contributed by atoms with E-state index in [4.69, 9.17) is 18.9 Å². The van der Waals surface area contributed by atoms with Crippen molar-refractivity contribution >= 4 is 139 Å². The van der Waals surface area contributed by atoms with Crippen molar-refractivity contribution in [3.8, 4) is 68.2 Å². The molecule has 0 bridgehead atoms. The fourth-order valence-electron chi connectivity index (χ4n) is 11.9. The van der Waals surface area contributed by atoms with Gasteiger partial charge in [-0.1, -0.05) is 97.1 Å². The molecule has 1 N–H and O–H groups in total. The highest BCUT2D eigenvalue weighted by molar-refractivity contribution is 8.00. The maximum atomic E-state index is 7.17. The normalized spacial score (nSPS) is 14.0. The molecular formula is C58H39B3N2O4S4. The predicted octanol–water partition coefficient (Wildman–Crippen LogP) is 9.94. The van der Waals surface area contributed by atoms with E-state index in [1.54, 1.807) is 47.2 Å². The van der Waals surface area contributed by atoms with Gasteiger partial charge in [-0.05, 0) is 145 Å². The van der Waals surface area contributed by atoms with Gasteiger partial charge in [0.1, 0.15) is 46.0 Å². The van der Waals surface area contributed by atoms with E-state index in [1.807, 2.05) is 0 Å². The molecule has 338 valence electrons. The quantitative estimate of drug-likeness (QED) is 0.0991. The van der Waals surface area contributed by atoms with Crippen LogP contribution in [0.2, 0.25) is 0 Å². The molecule has 0 saturated carbocycles. The van der Waals surface area contributed by atoms with E-state index in [2.05, 4.69) is 192 Å². The molecular weight excluding hydrogens is 949 g/mol. The van der Waals surface area contributed by atoms with Crippen LogP contribution in [0.4, 0.5) is 22.7 Å². The van der Waals surface area contributed by atoms with Gasteiger partial charge in [0.2, 0.25) is 0 Å². The Bertz CT molecular complexity index is 3800. The number of nitrogens with one attached hydrogen (secondary N) is 1. The first-order valence-corrected chi connectivity index (χ1v) is 28.5. The van der Waals surface area contributed by atoms with Crippen molar-refractivity contribution in [1.82, 2.24) is 0 Å². The molecule has 15 rings (SSSR count). The van der Waals surface area contributed by atoms with Gasteiger partial charge in [0.25, 0.3) is 20.1 Å². The smallest absolute Gasteiger partial charge is 0.260 e. The molecule has 6 heterocycles. The fraction of sp³-hybridized carbons (Fsp3) is 0.0690. The Morgan fingerprint density at radius 2 is 0.831 bits per heavy atom. The predicted molar refractivity (Wildman–Crippen MR) is 305 cm³/mol. The summed E-state index contributed by atoms with van der Waals surface area (Å²) in [4.78, 5) is 3.38. The number of thioether (sulfide) groups is 3. The lowest BCUT2D eigenvalue weighted by molar-refractivity contribution is 0.462. The monoisotopic (exact) mass is 988 g/mol. The van der Waals surface area contributed by atoms with Gasteiger partial charge in [-0.15, -0.1) is 35.3 Å². The van der Waals surface area contributed by atoms with Gasteiger partial charge in [-0.25, -0.2) is 0 Å². The third kappa shape index (κ3) is 6.25. The second-order valence-corrected chi connectivity index (χ2v) is 22.0. The Labute approximate surface area is 430 Å². The molecule has 0 fully saturated rings. The Morgan fingerprint density at radius 1 is 0.352 bits per heavy atom. The number of ether oxygens (including phenoxy) is 4. The number of benzene rings is 9. The molecule has 0 atom stereocenters. The summed E-state index contributed by atoms with van der Waals surface area (Å²) in [7, 11) is 0. The summed E-state index contributed by atoms with van der Waals surface area (Å²) in [6.07, 6.45) is 8.52. The van der Waals surface area contributed by atoms with Crippen LogP contribution in [0.3, 0.4) is 0 Å². The number of nitrogens with zero attached hydrogens (tertiary/aromatic N) is 1. The summed E-state index contributed by atoms with van der Waals surface area (Å²) < 4.78 is 30.6. The lowest BCUT2D eigenvalue weighted by Gasteiger charge is -2.41. The topological polar surface area (TPSA) is 52.2 Å². The second kappa shape index (κ2) is 15.9. The van der Waals surface area contributed by atoms with Crippen LogP contribution in [-0.4, -0.2) is 45.2 Å². The molecule has 0 radical (unpaired) electrons. The van der Waals surface area contributed by atoms with E-state index in [0.29, 0.717) is 0 Å². The lowest BCUT2D eigenvalue weighted by Crippen LogP contribution is -2.64. The molecule has 9 aromatic carbocycles. The van der Waals surface area contributed by atoms with Crippen LogP contribution >= 0.6 is 47.2 Å². The zero-order valence-corrected chi connectivity index (χ0v) is 42.2. The van der Waals surface area contributed by atoms with Crippen molar-refractivity contribution in [2.24, 2.45) is 0 Å². The average molecular weight is 989 g/mol. The van der Waals surface area contributed by atoms with E-state index in [-0.39, 0.29) is 20.1 Å². The largest absolute Gasteiger partial charge is 0.458 e. The lowest BCUT2D eigenvalue weighted by atomic mass is 9.30. The molecule has 71 heavy (non-hydrogen) atoms. The van der Waals surface area contributed by atoms with E-state index in [1.165, 1.54) is 16.4 Å². The summed E-state index contributed by atoms with van der Waals surface area (Å²) in [5.41, 5.74) is 19.3. The summed E-state index contributed by atoms with van der Waals surface area (Å²) in [5.74, 6) is 6.90. The van der Waals surface area contributed by atoms with Crippen LogP contribution in [-0.2, 0) is 0 Å². The molecule has 9 aromatic rings. The molecule has 6 nitrogen and oxygen atoms in total. The minimum absolute atomic E-state index is 0.0793. The van der Waals surface area contributed by atoms with Crippen molar-refractivity contribution in [3.63, 3.8) is 0 Å². The van der Waals surface area contributed by atoms with E-state index in [9.17, 15) is 0 Å². The molecule has 0 amide bonds. The molecule has 0 saturated heterocycles. The number of hydrogen-bond donors (Lipinski definition) is 1. The van der Waals surface area contributed by atoms with Crippen molar-refractivity contribution in [2.45, 2.75) is 14.7 Å². The third-order valence-corrected chi connectivity index (χ3v) is 18.0. The molecule has 0 aromatic heterocycles. The van der Waals surface area contributed by atoms with Gasteiger partial charge >= 0.3 is 0 Å². The highest BCUT2D eigenvalue weighted by atomic mass is 32.2. The Hall–Kier alpha value is -6.63. The number of fused-ring (bicyclic) bond motifs is 12. The first-order chi connectivity index (χ1) is 34.9. The van der Waals surface area contributed by atoms with Gasteiger partial charge in [-0.3, -0.25) is 4.31 Å². The van der Waals surface area contributed by atoms with Crippen LogP contribution < -0.4 is 77.7 Å². The van der Waals surface area contributed by atoms with Gasteiger partial charge in [0.05, 0.1) is 11.4 Å². The van der Waals surface area contributed by atoms with E-state index in [0.717, 1.165) is 138 Å². The van der Waals surface area contributed by atoms with Gasteiger partial charge in [0, 0.05) is 49.9 Å². The van der Waals surface area contributed by atoms with E-state index >= 15 is 0 Å². The van der Waals surface area contributed by atoms with Crippen LogP contribution in [0, 0.1) is 0 Å². The Balaban J connectivity index is 0.945. The molecule has 0 aliphatic carbocycles. The highest BCUT2D eigenvalue weighted by Gasteiger charge is 2.48. The summed E-state index contributed by atoms with van der Waals surface area (Å²) in [6, 6.07) is 57.4. The fourth-order valence-corrected chi connectivity index (χ4v) is 14.0. The number of rotatable bonds is 6. The first-order valence-electron chi connectivity index (χ1n) is 23.7. The second-order valence-electron chi connectivity index (χ2n) is 18.7. The van der Waals surface area contributed by atoms with Crippen molar-refractivity contribution in [2.75, 3.05) is 34.6 Å². The van der Waals surface area contributed by atoms with Crippen LogP contribution in [0.15, 0.2) is 172 Å². The van der Waals surface area contributed by atoms with Crippen LogP contribution in [0.5, 0.6) is 46.0 Å². The highest BCUT2D eigenvalue weighted by Crippen LogP contribution is 2.46. The maximum absolute atomic E-state index is 7.17. The van der Waals surface area contributed by atoms with Crippen LogP contribution in [0.25, 0.3) is 22.3 Å². The molecule has 0 unspecified atom stereocenters. The van der Waals surface area contributed by atoms with Gasteiger partial charge in [0.15, 0.2) is 0 Å². The average Bonchev–Trinajstić information content (AvgIpc) is 3.41. The summed E-state index contributed by atoms with van der Waals surface area (Å²) in [5, 5.41) is 3.89. The minimum Gasteiger partial charge on any atom is -0.458 e. The Kier molecular flexibility index (Phi) is 9.45.